The fourth-order valence-electron chi connectivity index (χ4n) is 1.78. The molecular weight excluding hydrogens is 257 g/mol. The zero-order valence-corrected chi connectivity index (χ0v) is 10.9. The van der Waals surface area contributed by atoms with Crippen molar-refractivity contribution in [3.63, 3.8) is 0 Å². The van der Waals surface area contributed by atoms with E-state index in [4.69, 9.17) is 5.73 Å². The van der Waals surface area contributed by atoms with Crippen LogP contribution in [-0.2, 0) is 0 Å². The van der Waals surface area contributed by atoms with Crippen molar-refractivity contribution in [1.29, 1.82) is 0 Å². The molecule has 0 saturated carbocycles. The molecule has 19 heavy (non-hydrogen) atoms. The summed E-state index contributed by atoms with van der Waals surface area (Å²) in [5.41, 5.74) is 4.40. The van der Waals surface area contributed by atoms with Gasteiger partial charge in [-0.25, -0.2) is 13.2 Å². The first-order chi connectivity index (χ1) is 8.90. The maximum atomic E-state index is 13.5. The molecule has 1 aromatic rings. The Kier molecular flexibility index (Phi) is 4.94. The molecule has 0 radical (unpaired) electrons. The highest BCUT2D eigenvalue weighted by molar-refractivity contribution is 5.95. The second-order valence-corrected chi connectivity index (χ2v) is 4.37. The summed E-state index contributed by atoms with van der Waals surface area (Å²) in [6, 6.07) is 1.63. The van der Waals surface area contributed by atoms with Crippen LogP contribution < -0.4 is 11.1 Å². The van der Waals surface area contributed by atoms with Gasteiger partial charge in [-0.1, -0.05) is 13.8 Å². The number of carbonyl (C=O) groups excluding carboxylic acids is 1. The molecule has 1 rings (SSSR count). The number of nitrogens with one attached hydrogen (secondary N) is 1. The van der Waals surface area contributed by atoms with E-state index >= 15 is 0 Å². The first-order valence-corrected chi connectivity index (χ1v) is 6.06. The van der Waals surface area contributed by atoms with Gasteiger partial charge < -0.3 is 11.1 Å². The number of amides is 1. The van der Waals surface area contributed by atoms with Crippen LogP contribution in [0.3, 0.4) is 0 Å². The van der Waals surface area contributed by atoms with E-state index in [1.165, 1.54) is 0 Å². The first kappa shape index (κ1) is 15.5. The first-order valence-electron chi connectivity index (χ1n) is 6.06. The molecule has 0 unspecified atom stereocenters. The summed E-state index contributed by atoms with van der Waals surface area (Å²) in [4.78, 5) is 11.9. The Morgan fingerprint density at radius 3 is 2.26 bits per heavy atom. The molecule has 0 aromatic heterocycles. The van der Waals surface area contributed by atoms with Crippen molar-refractivity contribution in [1.82, 2.24) is 5.32 Å². The molecule has 1 amide bonds. The van der Waals surface area contributed by atoms with Gasteiger partial charge >= 0.3 is 0 Å². The van der Waals surface area contributed by atoms with E-state index in [1.54, 1.807) is 0 Å². The van der Waals surface area contributed by atoms with Gasteiger partial charge in [0.1, 0.15) is 0 Å². The predicted octanol–water partition coefficient (Wildman–Crippen LogP) is 2.35. The monoisotopic (exact) mass is 274 g/mol. The Bertz CT molecular complexity index is 465. The topological polar surface area (TPSA) is 55.1 Å². The van der Waals surface area contributed by atoms with Crippen LogP contribution in [0.1, 0.15) is 37.0 Å². The van der Waals surface area contributed by atoms with Crippen molar-refractivity contribution in [3.8, 4) is 0 Å². The van der Waals surface area contributed by atoms with Crippen molar-refractivity contribution in [2.75, 3.05) is 6.54 Å². The standard InChI is InChI=1S/C13H17F3N2O/c1-3-13(4-2,7-17)18-12(19)8-5-6-9(14)11(16)10(8)15/h5-6H,3-4,7,17H2,1-2H3,(H,18,19). The fourth-order valence-corrected chi connectivity index (χ4v) is 1.78. The second kappa shape index (κ2) is 6.06. The summed E-state index contributed by atoms with van der Waals surface area (Å²) in [7, 11) is 0. The molecule has 0 atom stereocenters. The van der Waals surface area contributed by atoms with Gasteiger partial charge in [0.15, 0.2) is 17.5 Å². The molecule has 3 N–H and O–H groups in total. The Morgan fingerprint density at radius 1 is 1.21 bits per heavy atom. The SMILES string of the molecule is CCC(CC)(CN)NC(=O)c1ccc(F)c(F)c1F. The van der Waals surface area contributed by atoms with E-state index in [0.29, 0.717) is 12.8 Å². The highest BCUT2D eigenvalue weighted by Gasteiger charge is 2.28. The Labute approximate surface area is 110 Å². The number of nitrogens with two attached hydrogens (primary N) is 1. The van der Waals surface area contributed by atoms with E-state index in [-0.39, 0.29) is 6.54 Å². The normalized spacial score (nSPS) is 11.5. The molecule has 6 heteroatoms. The van der Waals surface area contributed by atoms with Gasteiger partial charge in [-0.15, -0.1) is 0 Å². The number of rotatable bonds is 5. The Balaban J connectivity index is 3.05. The largest absolute Gasteiger partial charge is 0.345 e. The second-order valence-electron chi connectivity index (χ2n) is 4.37. The van der Waals surface area contributed by atoms with Crippen molar-refractivity contribution in [2.24, 2.45) is 5.73 Å². The molecule has 106 valence electrons. The number of halogens is 3. The van der Waals surface area contributed by atoms with E-state index in [2.05, 4.69) is 5.32 Å². The van der Waals surface area contributed by atoms with Gasteiger partial charge in [0.2, 0.25) is 0 Å². The molecule has 0 fully saturated rings. The molecule has 3 nitrogen and oxygen atoms in total. The fraction of sp³-hybridized carbons (Fsp3) is 0.462. The van der Waals surface area contributed by atoms with Crippen LogP contribution in [0.4, 0.5) is 13.2 Å². The van der Waals surface area contributed by atoms with Gasteiger partial charge in [-0.05, 0) is 25.0 Å². The maximum Gasteiger partial charge on any atom is 0.254 e. The summed E-state index contributed by atoms with van der Waals surface area (Å²) in [6.45, 7) is 3.84. The van der Waals surface area contributed by atoms with E-state index in [1.807, 2.05) is 13.8 Å². The minimum atomic E-state index is -1.65. The Hall–Kier alpha value is -1.56. The quantitative estimate of drug-likeness (QED) is 0.810. The molecular formula is C13H17F3N2O. The smallest absolute Gasteiger partial charge is 0.254 e. The summed E-state index contributed by atoms with van der Waals surface area (Å²) in [5, 5.41) is 2.59. The van der Waals surface area contributed by atoms with Gasteiger partial charge in [0.05, 0.1) is 11.1 Å². The van der Waals surface area contributed by atoms with Gasteiger partial charge in [0, 0.05) is 6.54 Å². The average Bonchev–Trinajstić information content (AvgIpc) is 2.42. The van der Waals surface area contributed by atoms with Gasteiger partial charge in [-0.3, -0.25) is 4.79 Å². The zero-order chi connectivity index (χ0) is 14.6. The Morgan fingerprint density at radius 2 is 1.79 bits per heavy atom. The van der Waals surface area contributed by atoms with Crippen molar-refractivity contribution in [3.05, 3.63) is 35.1 Å². The molecule has 0 aliphatic rings. The third-order valence-corrected chi connectivity index (χ3v) is 3.40. The summed E-state index contributed by atoms with van der Waals surface area (Å²) in [5.74, 6) is -5.27. The number of hydrogen-bond acceptors (Lipinski definition) is 2. The van der Waals surface area contributed by atoms with Crippen LogP contribution in [0.25, 0.3) is 0 Å². The minimum absolute atomic E-state index is 0.178. The summed E-state index contributed by atoms with van der Waals surface area (Å²) < 4.78 is 39.4. The molecule has 0 bridgehead atoms. The van der Waals surface area contributed by atoms with Gasteiger partial charge in [0.25, 0.3) is 5.91 Å². The minimum Gasteiger partial charge on any atom is -0.345 e. The van der Waals surface area contributed by atoms with Crippen molar-refractivity contribution < 1.29 is 18.0 Å². The third-order valence-electron chi connectivity index (χ3n) is 3.40. The van der Waals surface area contributed by atoms with Crippen molar-refractivity contribution in [2.45, 2.75) is 32.2 Å². The van der Waals surface area contributed by atoms with Gasteiger partial charge in [-0.2, -0.15) is 0 Å². The lowest BCUT2D eigenvalue weighted by molar-refractivity contribution is 0.0890. The van der Waals surface area contributed by atoms with Crippen LogP contribution >= 0.6 is 0 Å². The number of carbonyl (C=O) groups is 1. The number of hydrogen-bond donors (Lipinski definition) is 2. The van der Waals surface area contributed by atoms with E-state index in [9.17, 15) is 18.0 Å². The lowest BCUT2D eigenvalue weighted by Gasteiger charge is -2.31. The lowest BCUT2D eigenvalue weighted by atomic mass is 9.92. The van der Waals surface area contributed by atoms with Crippen LogP contribution in [0.5, 0.6) is 0 Å². The molecule has 0 aliphatic heterocycles. The molecule has 0 saturated heterocycles. The van der Waals surface area contributed by atoms with Crippen LogP contribution in [0.2, 0.25) is 0 Å². The van der Waals surface area contributed by atoms with Crippen LogP contribution in [0, 0.1) is 17.5 Å². The van der Waals surface area contributed by atoms with E-state index in [0.717, 1.165) is 12.1 Å². The highest BCUT2D eigenvalue weighted by Crippen LogP contribution is 2.18. The highest BCUT2D eigenvalue weighted by atomic mass is 19.2. The molecule has 0 spiro atoms. The van der Waals surface area contributed by atoms with Crippen molar-refractivity contribution >= 4 is 5.91 Å². The van der Waals surface area contributed by atoms with Crippen LogP contribution in [0.15, 0.2) is 12.1 Å². The summed E-state index contributed by atoms with van der Waals surface area (Å²) >= 11 is 0. The summed E-state index contributed by atoms with van der Waals surface area (Å²) in [6.07, 6.45) is 1.11. The zero-order valence-electron chi connectivity index (χ0n) is 10.9. The molecule has 0 aliphatic carbocycles. The van der Waals surface area contributed by atoms with E-state index < -0.39 is 34.5 Å². The average molecular weight is 274 g/mol. The van der Waals surface area contributed by atoms with Crippen LogP contribution in [-0.4, -0.2) is 18.0 Å². The third kappa shape index (κ3) is 3.07. The molecule has 1 aromatic carbocycles. The maximum absolute atomic E-state index is 13.5. The molecule has 0 heterocycles. The predicted molar refractivity (Wildman–Crippen MR) is 66.1 cm³/mol. The lowest BCUT2D eigenvalue weighted by Crippen LogP contribution is -2.53. The number of benzene rings is 1.